The van der Waals surface area contributed by atoms with Crippen LogP contribution in [0, 0.1) is 5.92 Å². The summed E-state index contributed by atoms with van der Waals surface area (Å²) in [6.07, 6.45) is 9.10. The zero-order chi connectivity index (χ0) is 33.6. The summed E-state index contributed by atoms with van der Waals surface area (Å²) in [5.74, 6) is 0.0936. The molecular weight excluding hydrogens is 656 g/mol. The van der Waals surface area contributed by atoms with Crippen LogP contribution in [0.1, 0.15) is 54.5 Å². The van der Waals surface area contributed by atoms with Gasteiger partial charge in [0.15, 0.2) is 11.8 Å². The molecule has 2 atom stereocenters. The van der Waals surface area contributed by atoms with Gasteiger partial charge in [-0.1, -0.05) is 85.8 Å². The van der Waals surface area contributed by atoms with Crippen molar-refractivity contribution in [1.29, 1.82) is 0 Å². The van der Waals surface area contributed by atoms with Crippen molar-refractivity contribution in [2.45, 2.75) is 48.6 Å². The van der Waals surface area contributed by atoms with E-state index < -0.39 is 20.2 Å². The van der Waals surface area contributed by atoms with E-state index >= 15 is 0 Å². The molecule has 1 N–H and O–H groups in total. The number of benzene rings is 4. The van der Waals surface area contributed by atoms with Crippen LogP contribution in [0.3, 0.4) is 0 Å². The molecule has 0 saturated carbocycles. The molecule has 0 radical (unpaired) electrons. The molecule has 0 fully saturated rings. The molecule has 2 unspecified atom stereocenters. The molecule has 8 nitrogen and oxygen atoms in total. The Hall–Kier alpha value is -3.35. The maximum Gasteiger partial charge on any atom is 1.00 e. The predicted octanol–water partition coefficient (Wildman–Crippen LogP) is 2.07. The molecule has 48 heavy (non-hydrogen) atoms. The predicted molar refractivity (Wildman–Crippen MR) is 181 cm³/mol. The molecule has 11 heteroatoms. The molecule has 1 aliphatic carbocycles. The number of hydrogen-bond acceptors (Lipinski definition) is 7. The van der Waals surface area contributed by atoms with E-state index in [2.05, 4.69) is 58.4 Å². The molecule has 1 aliphatic rings. The summed E-state index contributed by atoms with van der Waals surface area (Å²) in [7, 11) is -9.08. The van der Waals surface area contributed by atoms with Crippen molar-refractivity contribution in [3.05, 3.63) is 150 Å². The number of allylic oxidation sites excluding steroid dienone is 4. The molecule has 0 spiro atoms. The Balaban J connectivity index is 0.00000520. The van der Waals surface area contributed by atoms with Crippen LogP contribution in [0.4, 0.5) is 5.69 Å². The monoisotopic (exact) mass is 692 g/mol. The Morgan fingerprint density at radius 2 is 1.27 bits per heavy atom. The maximum absolute atomic E-state index is 11.6. The molecule has 0 aromatic heterocycles. The van der Waals surface area contributed by atoms with Crippen LogP contribution in [0.25, 0.3) is 0 Å². The standard InChI is InChI=1S/C37H38N2O6S2.Na/c1-3-36(31-13-9-15-35(25-31)47(43,44)45)38-32-20-16-29(17-21-32)37(28-11-6-5-7-12-28)30-18-22-33(23-19-30)39(4-2)26-27-10-8-14-34(24-27)46(40,41)42;/h5-25,29,36-37H,3-4,26H2,1-2H3,(H,40,41,42)(H,43,44,45);/q;+1/p-1. The van der Waals surface area contributed by atoms with Gasteiger partial charge in [-0.25, -0.2) is 21.8 Å². The van der Waals surface area contributed by atoms with Crippen LogP contribution in [0.15, 0.2) is 137 Å². The van der Waals surface area contributed by atoms with E-state index in [-0.39, 0.29) is 57.2 Å². The Kier molecular flexibility index (Phi) is 12.8. The van der Waals surface area contributed by atoms with Gasteiger partial charge in [0, 0.05) is 54.7 Å². The topological polar surface area (TPSA) is 132 Å². The number of anilines is 1. The van der Waals surface area contributed by atoms with Gasteiger partial charge in [-0.2, -0.15) is 0 Å². The van der Waals surface area contributed by atoms with Crippen molar-refractivity contribution in [2.24, 2.45) is 5.92 Å². The third-order valence-electron chi connectivity index (χ3n) is 8.40. The summed E-state index contributed by atoms with van der Waals surface area (Å²) in [6.45, 7) is 5.17. The Bertz CT molecular complexity index is 2000. The van der Waals surface area contributed by atoms with Gasteiger partial charge in [0.05, 0.1) is 9.79 Å². The summed E-state index contributed by atoms with van der Waals surface area (Å²) in [5.41, 5.74) is 5.63. The van der Waals surface area contributed by atoms with E-state index in [1.807, 2.05) is 56.3 Å². The molecule has 0 aliphatic heterocycles. The first-order chi connectivity index (χ1) is 22.5. The fourth-order valence-corrected chi connectivity index (χ4v) is 7.04. The van der Waals surface area contributed by atoms with Gasteiger partial charge in [-0.3, -0.25) is 0 Å². The van der Waals surface area contributed by atoms with Crippen molar-refractivity contribution in [3.63, 3.8) is 0 Å². The van der Waals surface area contributed by atoms with E-state index in [1.165, 1.54) is 29.8 Å². The summed E-state index contributed by atoms with van der Waals surface area (Å²) >= 11 is 0. The van der Waals surface area contributed by atoms with Gasteiger partial charge in [-0.05, 0) is 60.0 Å². The molecule has 5 rings (SSSR count). The second-order valence-electron chi connectivity index (χ2n) is 11.5. The normalized spacial score (nSPS) is 15.8. The summed E-state index contributed by atoms with van der Waals surface area (Å²) in [4.78, 5) is 5.14. The van der Waals surface area contributed by atoms with E-state index in [0.29, 0.717) is 19.5 Å². The van der Waals surface area contributed by atoms with Crippen molar-refractivity contribution >= 4 is 31.6 Å². The SMILES string of the molecule is CCC([NH+]=C1C=CC(C(c2ccccc2)c2ccc(N(CC)Cc3cccc(S(=O)(=O)[O-])c3)cc2)C=C1)c1cccc(S(=O)(=O)[O-])c1.[Na+]. The first-order valence-corrected chi connectivity index (χ1v) is 18.3. The van der Waals surface area contributed by atoms with Crippen molar-refractivity contribution < 1.29 is 60.5 Å². The Morgan fingerprint density at radius 3 is 1.85 bits per heavy atom. The van der Waals surface area contributed by atoms with Gasteiger partial charge >= 0.3 is 29.6 Å². The number of hydrogen-bond donors (Lipinski definition) is 1. The summed E-state index contributed by atoms with van der Waals surface area (Å²) in [5, 5.41) is 0. The molecular formula is C37H37N2NaO6S2. The van der Waals surface area contributed by atoms with Crippen molar-refractivity contribution in [2.75, 3.05) is 11.4 Å². The second kappa shape index (κ2) is 16.4. The van der Waals surface area contributed by atoms with Gasteiger partial charge in [0.1, 0.15) is 20.2 Å². The minimum atomic E-state index is -4.55. The van der Waals surface area contributed by atoms with Gasteiger partial charge in [0.25, 0.3) is 0 Å². The third kappa shape index (κ3) is 9.41. The van der Waals surface area contributed by atoms with Crippen LogP contribution in [-0.2, 0) is 26.8 Å². The smallest absolute Gasteiger partial charge is 0.744 e. The van der Waals surface area contributed by atoms with Crippen LogP contribution in [-0.4, -0.2) is 38.2 Å². The minimum Gasteiger partial charge on any atom is -0.744 e. The van der Waals surface area contributed by atoms with E-state index in [0.717, 1.165) is 28.1 Å². The van der Waals surface area contributed by atoms with E-state index in [9.17, 15) is 25.9 Å². The first-order valence-electron chi connectivity index (χ1n) is 15.5. The van der Waals surface area contributed by atoms with Gasteiger partial charge < -0.3 is 14.0 Å². The molecule has 0 saturated heterocycles. The first kappa shape index (κ1) is 37.5. The largest absolute Gasteiger partial charge is 1.00 e. The molecule has 4 aromatic rings. The fraction of sp³-hybridized carbons (Fsp3) is 0.216. The molecule has 0 amide bonds. The van der Waals surface area contributed by atoms with Crippen LogP contribution >= 0.6 is 0 Å². The zero-order valence-electron chi connectivity index (χ0n) is 27.2. The second-order valence-corrected chi connectivity index (χ2v) is 14.2. The Labute approximate surface area is 305 Å². The third-order valence-corrected chi connectivity index (χ3v) is 10.1. The average Bonchev–Trinajstić information content (AvgIpc) is 3.07. The molecule has 0 heterocycles. The summed E-state index contributed by atoms with van der Waals surface area (Å²) in [6, 6.07) is 30.8. The summed E-state index contributed by atoms with van der Waals surface area (Å²) < 4.78 is 69.3. The van der Waals surface area contributed by atoms with E-state index in [4.69, 9.17) is 0 Å². The zero-order valence-corrected chi connectivity index (χ0v) is 30.8. The van der Waals surface area contributed by atoms with E-state index in [1.54, 1.807) is 12.1 Å². The van der Waals surface area contributed by atoms with Crippen LogP contribution < -0.4 is 39.4 Å². The van der Waals surface area contributed by atoms with Gasteiger partial charge in [0.2, 0.25) is 0 Å². The number of nitrogens with zero attached hydrogens (tertiary/aromatic N) is 1. The quantitative estimate of drug-likeness (QED) is 0.178. The van der Waals surface area contributed by atoms with Crippen LogP contribution in [0.5, 0.6) is 0 Å². The molecule has 0 bridgehead atoms. The van der Waals surface area contributed by atoms with Crippen molar-refractivity contribution in [3.8, 4) is 0 Å². The minimum absolute atomic E-state index is 0. The molecule has 244 valence electrons. The number of rotatable bonds is 12. The number of nitrogens with one attached hydrogen (secondary N) is 1. The van der Waals surface area contributed by atoms with Crippen molar-refractivity contribution in [1.82, 2.24) is 0 Å². The average molecular weight is 693 g/mol. The van der Waals surface area contributed by atoms with Crippen LogP contribution in [0.2, 0.25) is 0 Å². The van der Waals surface area contributed by atoms with Gasteiger partial charge in [-0.15, -0.1) is 0 Å². The molecule has 4 aromatic carbocycles. The maximum atomic E-state index is 11.6. The fourth-order valence-electron chi connectivity index (χ4n) is 5.97. The Morgan fingerprint density at radius 1 is 0.708 bits per heavy atom.